The molecule has 0 bridgehead atoms. The van der Waals surface area contributed by atoms with E-state index in [2.05, 4.69) is 9.72 Å². The molecule has 0 fully saturated rings. The van der Waals surface area contributed by atoms with E-state index in [1.807, 2.05) is 5.32 Å². The molecule has 0 aliphatic heterocycles. The van der Waals surface area contributed by atoms with E-state index in [9.17, 15) is 35.9 Å². The summed E-state index contributed by atoms with van der Waals surface area (Å²) in [6.07, 6.45) is -9.68. The number of ether oxygens (including phenoxy) is 1. The van der Waals surface area contributed by atoms with Crippen LogP contribution in [0.5, 0.6) is 0 Å². The van der Waals surface area contributed by atoms with E-state index in [1.54, 1.807) is 0 Å². The summed E-state index contributed by atoms with van der Waals surface area (Å²) in [5, 5.41) is 1.36. The molecule has 1 aromatic carbocycles. The van der Waals surface area contributed by atoms with Crippen molar-refractivity contribution in [2.45, 2.75) is 19.3 Å². The van der Waals surface area contributed by atoms with E-state index in [4.69, 9.17) is 0 Å². The Labute approximate surface area is 152 Å². The van der Waals surface area contributed by atoms with Gasteiger partial charge in [0.15, 0.2) is 10.8 Å². The number of esters is 1. The number of amides is 1. The van der Waals surface area contributed by atoms with Crippen LogP contribution in [-0.2, 0) is 17.1 Å². The van der Waals surface area contributed by atoms with Gasteiger partial charge in [0.2, 0.25) is 0 Å². The number of carbonyl (C=O) groups is 2. The molecule has 12 heteroatoms. The van der Waals surface area contributed by atoms with Crippen molar-refractivity contribution in [3.63, 3.8) is 0 Å². The Bertz CT molecular complexity index is 860. The fraction of sp³-hybridized carbons (Fsp3) is 0.267. The quantitative estimate of drug-likeness (QED) is 0.588. The lowest BCUT2D eigenvalue weighted by Gasteiger charge is -2.08. The Morgan fingerprint density at radius 1 is 1.15 bits per heavy atom. The summed E-state index contributed by atoms with van der Waals surface area (Å²) >= 11 is 0.207. The lowest BCUT2D eigenvalue weighted by atomic mass is 10.1. The first-order valence-corrected chi connectivity index (χ1v) is 7.99. The van der Waals surface area contributed by atoms with E-state index >= 15 is 0 Å². The topological polar surface area (TPSA) is 68.3 Å². The van der Waals surface area contributed by atoms with Crippen molar-refractivity contribution in [2.24, 2.45) is 0 Å². The molecule has 0 radical (unpaired) electrons. The SMILES string of the molecule is CCOC(=O)c1sc(NC(=O)c2cccc(C(F)(F)F)c2)nc1C(F)(F)F. The van der Waals surface area contributed by atoms with E-state index in [1.165, 1.54) is 6.92 Å². The number of rotatable bonds is 4. The van der Waals surface area contributed by atoms with Gasteiger partial charge in [-0.25, -0.2) is 9.78 Å². The molecule has 0 saturated heterocycles. The third kappa shape index (κ3) is 4.96. The average molecular weight is 412 g/mol. The van der Waals surface area contributed by atoms with Crippen molar-refractivity contribution in [1.29, 1.82) is 0 Å². The zero-order chi connectivity index (χ0) is 20.4. The smallest absolute Gasteiger partial charge is 0.435 e. The molecule has 0 aliphatic carbocycles. The number of anilines is 1. The monoisotopic (exact) mass is 412 g/mol. The van der Waals surface area contributed by atoms with Crippen LogP contribution in [0.25, 0.3) is 0 Å². The molecule has 0 unspecified atom stereocenters. The van der Waals surface area contributed by atoms with Crippen LogP contribution in [0, 0.1) is 0 Å². The Morgan fingerprint density at radius 3 is 2.37 bits per heavy atom. The van der Waals surface area contributed by atoms with Gasteiger partial charge >= 0.3 is 18.3 Å². The fourth-order valence-electron chi connectivity index (χ4n) is 1.91. The predicted octanol–water partition coefficient (Wildman–Crippen LogP) is 4.61. The number of carbonyl (C=O) groups excluding carboxylic acids is 2. The average Bonchev–Trinajstić information content (AvgIpc) is 2.98. The number of alkyl halides is 6. The normalized spacial score (nSPS) is 12.0. The molecule has 1 heterocycles. The summed E-state index contributed by atoms with van der Waals surface area (Å²) in [5.41, 5.74) is -3.09. The van der Waals surface area contributed by atoms with Gasteiger partial charge in [-0.05, 0) is 25.1 Å². The summed E-state index contributed by atoms with van der Waals surface area (Å²) in [7, 11) is 0. The zero-order valence-electron chi connectivity index (χ0n) is 13.4. The van der Waals surface area contributed by atoms with Crippen LogP contribution in [0.1, 0.15) is 38.2 Å². The van der Waals surface area contributed by atoms with Gasteiger partial charge in [-0.1, -0.05) is 17.4 Å². The summed E-state index contributed by atoms with van der Waals surface area (Å²) in [5.74, 6) is -2.39. The second-order valence-electron chi connectivity index (χ2n) is 4.95. The van der Waals surface area contributed by atoms with Crippen LogP contribution < -0.4 is 5.32 Å². The van der Waals surface area contributed by atoms with E-state index in [0.717, 1.165) is 18.2 Å². The van der Waals surface area contributed by atoms with Crippen molar-refractivity contribution >= 4 is 28.3 Å². The molecule has 0 atom stereocenters. The molecule has 1 amide bonds. The lowest BCUT2D eigenvalue weighted by Crippen LogP contribution is -2.15. The molecule has 2 aromatic rings. The molecule has 2 rings (SSSR count). The summed E-state index contributed by atoms with van der Waals surface area (Å²) in [6, 6.07) is 3.31. The third-order valence-electron chi connectivity index (χ3n) is 3.03. The van der Waals surface area contributed by atoms with Crippen molar-refractivity contribution in [3.05, 3.63) is 46.0 Å². The molecule has 1 aromatic heterocycles. The number of nitrogens with zero attached hydrogens (tertiary/aromatic N) is 1. The standard InChI is InChI=1S/C15H10F6N2O3S/c1-2-26-12(25)9-10(15(19,20)21)22-13(27-9)23-11(24)7-4-3-5-8(6-7)14(16,17)18/h3-6H,2H2,1H3,(H,22,23,24). The minimum atomic E-state index is -4.99. The van der Waals surface area contributed by atoms with Crippen molar-refractivity contribution < 1.29 is 40.7 Å². The van der Waals surface area contributed by atoms with Gasteiger partial charge in [-0.2, -0.15) is 26.3 Å². The minimum Gasteiger partial charge on any atom is -0.462 e. The molecule has 5 nitrogen and oxygen atoms in total. The molecule has 27 heavy (non-hydrogen) atoms. The Hall–Kier alpha value is -2.63. The highest BCUT2D eigenvalue weighted by Gasteiger charge is 2.40. The van der Waals surface area contributed by atoms with Crippen LogP contribution >= 0.6 is 11.3 Å². The fourth-order valence-corrected chi connectivity index (χ4v) is 2.78. The van der Waals surface area contributed by atoms with Gasteiger partial charge in [0.25, 0.3) is 5.91 Å². The van der Waals surface area contributed by atoms with Gasteiger partial charge in [0, 0.05) is 5.56 Å². The number of hydrogen-bond donors (Lipinski definition) is 1. The zero-order valence-corrected chi connectivity index (χ0v) is 14.2. The molecule has 0 aliphatic rings. The molecule has 0 spiro atoms. The first-order chi connectivity index (χ1) is 12.4. The number of benzene rings is 1. The highest BCUT2D eigenvalue weighted by atomic mass is 32.1. The van der Waals surface area contributed by atoms with Gasteiger partial charge in [0.1, 0.15) is 4.88 Å². The number of nitrogens with one attached hydrogen (secondary N) is 1. The summed E-state index contributed by atoms with van der Waals surface area (Å²) in [4.78, 5) is 26.0. The number of aromatic nitrogens is 1. The number of thiazole rings is 1. The van der Waals surface area contributed by atoms with Crippen molar-refractivity contribution in [3.8, 4) is 0 Å². The van der Waals surface area contributed by atoms with E-state index < -0.39 is 51.1 Å². The van der Waals surface area contributed by atoms with Gasteiger partial charge in [-0.3, -0.25) is 10.1 Å². The second-order valence-corrected chi connectivity index (χ2v) is 5.95. The largest absolute Gasteiger partial charge is 0.462 e. The van der Waals surface area contributed by atoms with E-state index in [0.29, 0.717) is 6.07 Å². The van der Waals surface area contributed by atoms with Gasteiger partial charge in [-0.15, -0.1) is 0 Å². The van der Waals surface area contributed by atoms with Crippen LogP contribution in [0.2, 0.25) is 0 Å². The Morgan fingerprint density at radius 2 is 1.81 bits per heavy atom. The van der Waals surface area contributed by atoms with Crippen LogP contribution in [0.15, 0.2) is 24.3 Å². The maximum Gasteiger partial charge on any atom is 0.435 e. The van der Waals surface area contributed by atoms with Crippen LogP contribution in [0.4, 0.5) is 31.5 Å². The van der Waals surface area contributed by atoms with E-state index in [-0.39, 0.29) is 17.9 Å². The summed E-state index contributed by atoms with van der Waals surface area (Å²) < 4.78 is 81.6. The Balaban J connectivity index is 2.32. The first-order valence-electron chi connectivity index (χ1n) is 7.17. The van der Waals surface area contributed by atoms with Crippen LogP contribution in [-0.4, -0.2) is 23.5 Å². The lowest BCUT2D eigenvalue weighted by molar-refractivity contribution is -0.141. The summed E-state index contributed by atoms with van der Waals surface area (Å²) in [6.45, 7) is 1.21. The highest BCUT2D eigenvalue weighted by Crippen LogP contribution is 2.37. The molecule has 1 N–H and O–H groups in total. The minimum absolute atomic E-state index is 0.181. The van der Waals surface area contributed by atoms with Crippen molar-refractivity contribution in [2.75, 3.05) is 11.9 Å². The number of hydrogen-bond acceptors (Lipinski definition) is 5. The first kappa shape index (κ1) is 20.7. The van der Waals surface area contributed by atoms with Gasteiger partial charge in [0.05, 0.1) is 12.2 Å². The molecular formula is C15H10F6N2O3S. The highest BCUT2D eigenvalue weighted by molar-refractivity contribution is 7.17. The molecule has 0 saturated carbocycles. The van der Waals surface area contributed by atoms with Gasteiger partial charge < -0.3 is 4.74 Å². The second kappa shape index (κ2) is 7.55. The van der Waals surface area contributed by atoms with Crippen molar-refractivity contribution in [1.82, 2.24) is 4.98 Å². The molecule has 146 valence electrons. The maximum absolute atomic E-state index is 13.0. The number of halogens is 6. The molecular weight excluding hydrogens is 402 g/mol. The van der Waals surface area contributed by atoms with Crippen LogP contribution in [0.3, 0.4) is 0 Å². The predicted molar refractivity (Wildman–Crippen MR) is 82.5 cm³/mol. The third-order valence-corrected chi connectivity index (χ3v) is 3.98. The Kier molecular flexibility index (Phi) is 5.78. The maximum atomic E-state index is 13.0.